The van der Waals surface area contributed by atoms with Crippen molar-refractivity contribution >= 4 is 5.78 Å². The number of ketones is 1. The van der Waals surface area contributed by atoms with E-state index in [2.05, 4.69) is 4.98 Å². The molecule has 1 N–H and O–H groups in total. The molecular formula is C11H13NO2. The molecule has 1 aliphatic rings. The fourth-order valence-electron chi connectivity index (χ4n) is 1.87. The van der Waals surface area contributed by atoms with Crippen molar-refractivity contribution in [2.75, 3.05) is 0 Å². The molecule has 0 amide bonds. The van der Waals surface area contributed by atoms with E-state index in [1.54, 1.807) is 6.07 Å². The van der Waals surface area contributed by atoms with E-state index in [4.69, 9.17) is 5.11 Å². The lowest BCUT2D eigenvalue weighted by Gasteiger charge is -2.19. The smallest absolute Gasteiger partial charge is 0.133 e. The summed E-state index contributed by atoms with van der Waals surface area (Å²) in [6.07, 6.45) is 4.61. The highest BCUT2D eigenvalue weighted by molar-refractivity contribution is 5.79. The van der Waals surface area contributed by atoms with E-state index in [1.165, 1.54) is 6.20 Å². The Balaban J connectivity index is 2.08. The Morgan fingerprint density at radius 3 is 2.57 bits per heavy atom. The van der Waals surface area contributed by atoms with Gasteiger partial charge in [0.2, 0.25) is 0 Å². The van der Waals surface area contributed by atoms with Crippen LogP contribution >= 0.6 is 0 Å². The van der Waals surface area contributed by atoms with Crippen molar-refractivity contribution < 1.29 is 9.90 Å². The number of Topliss-reactive ketones (excluding diaryl/α,β-unsaturated/α-hetero) is 1. The monoisotopic (exact) mass is 191 g/mol. The summed E-state index contributed by atoms with van der Waals surface area (Å²) in [5.74, 6) is 0.953. The number of hydrogen-bond donors (Lipinski definition) is 1. The van der Waals surface area contributed by atoms with Crippen molar-refractivity contribution in [3.8, 4) is 5.75 Å². The number of nitrogens with zero attached hydrogens (tertiary/aromatic N) is 1. The second-order valence-corrected chi connectivity index (χ2v) is 3.75. The molecule has 0 saturated heterocycles. The van der Waals surface area contributed by atoms with Crippen LogP contribution in [-0.2, 0) is 4.79 Å². The molecule has 2 rings (SSSR count). The van der Waals surface area contributed by atoms with E-state index in [1.807, 2.05) is 6.07 Å². The van der Waals surface area contributed by atoms with Crippen LogP contribution in [0.1, 0.15) is 37.3 Å². The van der Waals surface area contributed by atoms with E-state index in [-0.39, 0.29) is 5.75 Å². The van der Waals surface area contributed by atoms with Crippen molar-refractivity contribution in [2.45, 2.75) is 31.6 Å². The van der Waals surface area contributed by atoms with Gasteiger partial charge in [0.1, 0.15) is 11.5 Å². The first kappa shape index (κ1) is 9.19. The molecule has 74 valence electrons. The standard InChI is InChI=1S/C11H13NO2/c13-9-3-1-8(2-4-9)11-6-5-10(14)7-12-11/h5-8,14H,1-4H2. The molecule has 0 bridgehead atoms. The number of rotatable bonds is 1. The largest absolute Gasteiger partial charge is 0.506 e. The summed E-state index contributed by atoms with van der Waals surface area (Å²) < 4.78 is 0. The van der Waals surface area contributed by atoms with Crippen LogP contribution in [0.3, 0.4) is 0 Å². The van der Waals surface area contributed by atoms with E-state index >= 15 is 0 Å². The highest BCUT2D eigenvalue weighted by atomic mass is 16.3. The number of pyridine rings is 1. The summed E-state index contributed by atoms with van der Waals surface area (Å²) in [5.41, 5.74) is 0.996. The maximum absolute atomic E-state index is 11.0. The zero-order valence-corrected chi connectivity index (χ0v) is 7.94. The van der Waals surface area contributed by atoms with Crippen LogP contribution in [0.5, 0.6) is 5.75 Å². The average molecular weight is 191 g/mol. The molecule has 0 aromatic carbocycles. The van der Waals surface area contributed by atoms with E-state index in [9.17, 15) is 4.79 Å². The van der Waals surface area contributed by atoms with Crippen molar-refractivity contribution in [1.82, 2.24) is 4.98 Å². The van der Waals surface area contributed by atoms with Crippen LogP contribution in [-0.4, -0.2) is 15.9 Å². The molecule has 1 aliphatic carbocycles. The Bertz CT molecular complexity index is 322. The Labute approximate surface area is 82.8 Å². The molecule has 1 aromatic rings. The van der Waals surface area contributed by atoms with Crippen molar-refractivity contribution in [1.29, 1.82) is 0 Å². The van der Waals surface area contributed by atoms with Gasteiger partial charge in [-0.15, -0.1) is 0 Å². The molecule has 0 spiro atoms. The van der Waals surface area contributed by atoms with Gasteiger partial charge in [0.05, 0.1) is 6.20 Å². The summed E-state index contributed by atoms with van der Waals surface area (Å²) in [4.78, 5) is 15.2. The summed E-state index contributed by atoms with van der Waals surface area (Å²) in [5, 5.41) is 9.08. The molecule has 0 aliphatic heterocycles. The van der Waals surface area contributed by atoms with Crippen molar-refractivity contribution in [3.63, 3.8) is 0 Å². The zero-order valence-electron chi connectivity index (χ0n) is 7.94. The Morgan fingerprint density at radius 2 is 2.00 bits per heavy atom. The Kier molecular flexibility index (Phi) is 2.48. The quantitative estimate of drug-likeness (QED) is 0.738. The van der Waals surface area contributed by atoms with Crippen molar-refractivity contribution in [3.05, 3.63) is 24.0 Å². The van der Waals surface area contributed by atoms with E-state index in [0.29, 0.717) is 24.5 Å². The van der Waals surface area contributed by atoms with Crippen LogP contribution < -0.4 is 0 Å². The predicted molar refractivity (Wildman–Crippen MR) is 52.1 cm³/mol. The third-order valence-corrected chi connectivity index (χ3v) is 2.73. The first-order valence-corrected chi connectivity index (χ1v) is 4.92. The molecule has 3 heteroatoms. The van der Waals surface area contributed by atoms with Gasteiger partial charge in [-0.1, -0.05) is 0 Å². The first-order valence-electron chi connectivity index (χ1n) is 4.92. The number of aromatic nitrogens is 1. The summed E-state index contributed by atoms with van der Waals surface area (Å²) in [6, 6.07) is 3.49. The minimum Gasteiger partial charge on any atom is -0.506 e. The maximum Gasteiger partial charge on any atom is 0.133 e. The molecule has 1 fully saturated rings. The van der Waals surface area contributed by atoms with Gasteiger partial charge in [-0.3, -0.25) is 9.78 Å². The first-order chi connectivity index (χ1) is 6.75. The van der Waals surface area contributed by atoms with Crippen molar-refractivity contribution in [2.24, 2.45) is 0 Å². The highest BCUT2D eigenvalue weighted by Gasteiger charge is 2.20. The minimum absolute atomic E-state index is 0.195. The minimum atomic E-state index is 0.195. The van der Waals surface area contributed by atoms with Crippen LogP contribution in [0.25, 0.3) is 0 Å². The molecule has 1 heterocycles. The average Bonchev–Trinajstić information content (AvgIpc) is 2.21. The summed E-state index contributed by atoms with van der Waals surface area (Å²) >= 11 is 0. The second-order valence-electron chi connectivity index (χ2n) is 3.75. The van der Waals surface area contributed by atoms with E-state index < -0.39 is 0 Å². The van der Waals surface area contributed by atoms with Crippen LogP contribution in [0.2, 0.25) is 0 Å². The third kappa shape index (κ3) is 1.92. The number of carbonyl (C=O) groups excluding carboxylic acids is 1. The SMILES string of the molecule is O=C1CCC(c2ccc(O)cn2)CC1. The van der Waals surface area contributed by atoms with Gasteiger partial charge in [-0.25, -0.2) is 0 Å². The molecule has 1 aromatic heterocycles. The molecule has 0 radical (unpaired) electrons. The fourth-order valence-corrected chi connectivity index (χ4v) is 1.87. The summed E-state index contributed by atoms with van der Waals surface area (Å²) in [7, 11) is 0. The predicted octanol–water partition coefficient (Wildman–Crippen LogP) is 2.01. The maximum atomic E-state index is 11.0. The van der Waals surface area contributed by atoms with Crippen LogP contribution in [0.15, 0.2) is 18.3 Å². The molecule has 0 unspecified atom stereocenters. The molecule has 0 atom stereocenters. The van der Waals surface area contributed by atoms with Gasteiger partial charge in [-0.2, -0.15) is 0 Å². The highest BCUT2D eigenvalue weighted by Crippen LogP contribution is 2.30. The van der Waals surface area contributed by atoms with Gasteiger partial charge in [0.15, 0.2) is 0 Å². The Hall–Kier alpha value is -1.38. The number of hydrogen-bond acceptors (Lipinski definition) is 3. The molecule has 14 heavy (non-hydrogen) atoms. The van der Waals surface area contributed by atoms with Crippen LogP contribution in [0.4, 0.5) is 0 Å². The molecular weight excluding hydrogens is 178 g/mol. The third-order valence-electron chi connectivity index (χ3n) is 2.73. The second kappa shape index (κ2) is 3.78. The Morgan fingerprint density at radius 1 is 1.29 bits per heavy atom. The van der Waals surface area contributed by atoms with E-state index in [0.717, 1.165) is 18.5 Å². The summed E-state index contributed by atoms with van der Waals surface area (Å²) in [6.45, 7) is 0. The molecule has 1 saturated carbocycles. The van der Waals surface area contributed by atoms with Gasteiger partial charge in [0, 0.05) is 24.5 Å². The normalized spacial score (nSPS) is 18.4. The fraction of sp³-hybridized carbons (Fsp3) is 0.455. The van der Waals surface area contributed by atoms with Gasteiger partial charge < -0.3 is 5.11 Å². The lowest BCUT2D eigenvalue weighted by atomic mass is 9.86. The van der Waals surface area contributed by atoms with Gasteiger partial charge >= 0.3 is 0 Å². The zero-order chi connectivity index (χ0) is 9.97. The van der Waals surface area contributed by atoms with Gasteiger partial charge in [0.25, 0.3) is 0 Å². The lowest BCUT2D eigenvalue weighted by molar-refractivity contribution is -0.120. The topological polar surface area (TPSA) is 50.2 Å². The molecule has 3 nitrogen and oxygen atoms in total. The van der Waals surface area contributed by atoms with Gasteiger partial charge in [-0.05, 0) is 25.0 Å². The number of aromatic hydroxyl groups is 1. The lowest BCUT2D eigenvalue weighted by Crippen LogP contribution is -2.13. The van der Waals surface area contributed by atoms with Crippen LogP contribution in [0, 0.1) is 0 Å². The number of carbonyl (C=O) groups is 1.